The van der Waals surface area contributed by atoms with E-state index in [2.05, 4.69) is 148 Å². The van der Waals surface area contributed by atoms with Crippen molar-refractivity contribution in [2.45, 2.75) is 0 Å². The van der Waals surface area contributed by atoms with E-state index in [1.165, 1.54) is 21.2 Å². The Hall–Kier alpha value is -1.45. The van der Waals surface area contributed by atoms with Gasteiger partial charge in [-0.15, -0.1) is 38.0 Å². The summed E-state index contributed by atoms with van der Waals surface area (Å²) in [7, 11) is -0.342. The summed E-state index contributed by atoms with van der Waals surface area (Å²) in [6.07, 6.45) is 0. The molecular weight excluding hydrogens is 669 g/mol. The van der Waals surface area contributed by atoms with Crippen LogP contribution in [-0.2, 0) is 23.2 Å². The average Bonchev–Trinajstić information content (AvgIpc) is 2.92. The van der Waals surface area contributed by atoms with Crippen molar-refractivity contribution in [1.82, 2.24) is 0 Å². The summed E-state index contributed by atoms with van der Waals surface area (Å²) in [4.78, 5) is 0. The summed E-state index contributed by atoms with van der Waals surface area (Å²) in [5.74, 6) is 0. The third kappa shape index (κ3) is 12.3. The standard InChI is InChI=1S/2C13H13P.C2H4.2ClH.O.W/c2*1-14(12-8-4-2-5-9-12)13-10-6-3-7-11-13;1-2;;;;/h2*2-11H,1H3;1-2H2;2*1H;;. The normalized spacial score (nSPS) is 8.82. The van der Waals surface area contributed by atoms with Crippen LogP contribution in [0.25, 0.3) is 0 Å². The molecule has 0 saturated carbocycles. The second kappa shape index (κ2) is 22.0. The van der Waals surface area contributed by atoms with Crippen molar-refractivity contribution in [2.75, 3.05) is 13.3 Å². The van der Waals surface area contributed by atoms with Gasteiger partial charge < -0.3 is 0 Å². The summed E-state index contributed by atoms with van der Waals surface area (Å²) in [6, 6.07) is 42.8. The van der Waals surface area contributed by atoms with Gasteiger partial charge in [0.15, 0.2) is 0 Å². The SMILES string of the molecule is C=C.CP(c1ccccc1)c1ccccc1.CP(c1ccccc1)c1ccccc1.Cl.Cl.[O]=[W]. The second-order valence-corrected chi connectivity index (χ2v) is 10.8. The van der Waals surface area contributed by atoms with E-state index in [4.69, 9.17) is 3.40 Å². The van der Waals surface area contributed by atoms with Crippen molar-refractivity contribution in [3.8, 4) is 0 Å². The van der Waals surface area contributed by atoms with E-state index in [9.17, 15) is 0 Å². The first-order chi connectivity index (χ1) is 15.8. The molecule has 0 heterocycles. The predicted octanol–water partition coefficient (Wildman–Crippen LogP) is 7.02. The fourth-order valence-electron chi connectivity index (χ4n) is 2.90. The zero-order chi connectivity index (χ0) is 23.6. The maximum absolute atomic E-state index is 8.33. The number of benzene rings is 4. The summed E-state index contributed by atoms with van der Waals surface area (Å²) in [6.45, 7) is 10.6. The first kappa shape index (κ1) is 34.7. The van der Waals surface area contributed by atoms with Gasteiger partial charge in [0, 0.05) is 0 Å². The Labute approximate surface area is 231 Å². The van der Waals surface area contributed by atoms with Gasteiger partial charge in [-0.25, -0.2) is 0 Å². The summed E-state index contributed by atoms with van der Waals surface area (Å²) in [5, 5.41) is 5.75. The molecule has 0 fully saturated rings. The van der Waals surface area contributed by atoms with Gasteiger partial charge in [-0.05, 0) is 50.4 Å². The molecule has 0 aliphatic rings. The van der Waals surface area contributed by atoms with Gasteiger partial charge in [-0.3, -0.25) is 0 Å². The van der Waals surface area contributed by atoms with Crippen molar-refractivity contribution in [3.05, 3.63) is 134 Å². The van der Waals surface area contributed by atoms with Crippen LogP contribution in [0.4, 0.5) is 0 Å². The van der Waals surface area contributed by atoms with E-state index in [1.807, 2.05) is 0 Å². The van der Waals surface area contributed by atoms with Crippen LogP contribution in [-0.4, -0.2) is 13.3 Å². The third-order valence-corrected chi connectivity index (χ3v) is 8.86. The summed E-state index contributed by atoms with van der Waals surface area (Å²) < 4.78 is 8.33. The Morgan fingerprint density at radius 3 is 0.735 bits per heavy atom. The first-order valence-corrected chi connectivity index (χ1v) is 14.9. The molecule has 180 valence electrons. The zero-order valence-electron chi connectivity index (χ0n) is 19.5. The van der Waals surface area contributed by atoms with Crippen molar-refractivity contribution < 1.29 is 23.2 Å². The predicted molar refractivity (Wildman–Crippen MR) is 156 cm³/mol. The van der Waals surface area contributed by atoms with Crippen LogP contribution in [0, 0.1) is 0 Å². The Morgan fingerprint density at radius 1 is 0.441 bits per heavy atom. The number of hydrogen-bond acceptors (Lipinski definition) is 1. The van der Waals surface area contributed by atoms with Crippen LogP contribution in [0.1, 0.15) is 0 Å². The van der Waals surface area contributed by atoms with Gasteiger partial charge in [-0.1, -0.05) is 121 Å². The molecule has 4 aromatic carbocycles. The monoisotopic (exact) mass is 700 g/mol. The number of rotatable bonds is 4. The zero-order valence-corrected chi connectivity index (χ0v) is 25.8. The Morgan fingerprint density at radius 2 is 0.588 bits per heavy atom. The molecule has 0 aliphatic carbocycles. The van der Waals surface area contributed by atoms with Crippen LogP contribution in [0.3, 0.4) is 0 Å². The molecule has 4 aromatic rings. The molecule has 0 N–H and O–H groups in total. The average molecular weight is 701 g/mol. The fourth-order valence-corrected chi connectivity index (χ4v) is 5.98. The second-order valence-electron chi connectivity index (χ2n) is 6.46. The molecule has 0 saturated heterocycles. The van der Waals surface area contributed by atoms with E-state index in [0.29, 0.717) is 19.8 Å². The van der Waals surface area contributed by atoms with Crippen molar-refractivity contribution in [1.29, 1.82) is 0 Å². The van der Waals surface area contributed by atoms with Gasteiger partial charge in [0.05, 0.1) is 0 Å². The number of halogens is 2. The van der Waals surface area contributed by atoms with Crippen molar-refractivity contribution in [3.63, 3.8) is 0 Å². The minimum atomic E-state index is -0.171. The minimum absolute atomic E-state index is 0. The number of hydrogen-bond donors (Lipinski definition) is 0. The van der Waals surface area contributed by atoms with E-state index in [-0.39, 0.29) is 40.7 Å². The Bertz CT molecular complexity index is 816. The van der Waals surface area contributed by atoms with Crippen molar-refractivity contribution >= 4 is 61.9 Å². The Kier molecular flexibility index (Phi) is 22.5. The molecule has 0 bridgehead atoms. The van der Waals surface area contributed by atoms with Crippen LogP contribution in [0.15, 0.2) is 134 Å². The molecule has 0 radical (unpaired) electrons. The molecule has 0 atom stereocenters. The molecule has 0 amide bonds. The molecule has 0 aromatic heterocycles. The molecule has 6 heteroatoms. The first-order valence-electron chi connectivity index (χ1n) is 10.1. The molecule has 4 rings (SSSR count). The molecule has 0 unspecified atom stereocenters. The van der Waals surface area contributed by atoms with Gasteiger partial charge in [0.25, 0.3) is 0 Å². The van der Waals surface area contributed by atoms with Crippen LogP contribution >= 0.6 is 40.7 Å². The van der Waals surface area contributed by atoms with Gasteiger partial charge in [0.1, 0.15) is 0 Å². The quantitative estimate of drug-likeness (QED) is 0.165. The Balaban J connectivity index is 0. The molecular formula is C28H32Cl2OP2W. The van der Waals surface area contributed by atoms with Crippen LogP contribution in [0.5, 0.6) is 0 Å². The van der Waals surface area contributed by atoms with Crippen LogP contribution < -0.4 is 21.2 Å². The molecule has 0 aliphatic heterocycles. The summed E-state index contributed by atoms with van der Waals surface area (Å²) >= 11 is 0.333. The molecule has 0 spiro atoms. The molecule has 34 heavy (non-hydrogen) atoms. The van der Waals surface area contributed by atoms with Gasteiger partial charge in [0.2, 0.25) is 0 Å². The van der Waals surface area contributed by atoms with E-state index in [1.54, 1.807) is 0 Å². The summed E-state index contributed by atoms with van der Waals surface area (Å²) in [5.41, 5.74) is 0. The van der Waals surface area contributed by atoms with Gasteiger partial charge in [-0.2, -0.15) is 0 Å². The van der Waals surface area contributed by atoms with Crippen LogP contribution in [0.2, 0.25) is 0 Å². The van der Waals surface area contributed by atoms with E-state index < -0.39 is 0 Å². The van der Waals surface area contributed by atoms with Gasteiger partial charge >= 0.3 is 23.2 Å². The third-order valence-electron chi connectivity index (χ3n) is 4.57. The van der Waals surface area contributed by atoms with E-state index >= 15 is 0 Å². The topological polar surface area (TPSA) is 17.1 Å². The fraction of sp³-hybridized carbons (Fsp3) is 0.0714. The molecule has 1 nitrogen and oxygen atoms in total. The van der Waals surface area contributed by atoms with E-state index in [0.717, 1.165) is 0 Å². The maximum atomic E-state index is 8.33. The van der Waals surface area contributed by atoms with Crippen molar-refractivity contribution in [2.24, 2.45) is 0 Å².